The Morgan fingerprint density at radius 1 is 1.35 bits per heavy atom. The summed E-state index contributed by atoms with van der Waals surface area (Å²) in [5.74, 6) is 0.563. The van der Waals surface area contributed by atoms with Crippen molar-refractivity contribution < 1.29 is 0 Å². The predicted molar refractivity (Wildman–Crippen MR) is 87.9 cm³/mol. The van der Waals surface area contributed by atoms with Crippen LogP contribution < -0.4 is 5.32 Å². The highest BCUT2D eigenvalue weighted by molar-refractivity contribution is 7.11. The minimum Gasteiger partial charge on any atom is -0.317 e. The molecule has 0 saturated carbocycles. The monoisotopic (exact) mass is 315 g/mol. The number of nitrogens with zero attached hydrogens (tertiary/aromatic N) is 2. The molecule has 3 rings (SSSR count). The molecule has 0 unspecified atom stereocenters. The third kappa shape index (κ3) is 3.53. The molecule has 2 aliphatic heterocycles. The molecule has 0 aliphatic carbocycles. The molecule has 20 heavy (non-hydrogen) atoms. The molecular formula is C15H26ClN3S. The first-order valence-corrected chi connectivity index (χ1v) is 8.36. The lowest BCUT2D eigenvalue weighted by Gasteiger charge is -2.33. The van der Waals surface area contributed by atoms with Crippen LogP contribution in [0, 0.1) is 5.41 Å². The van der Waals surface area contributed by atoms with Crippen molar-refractivity contribution >= 4 is 23.7 Å². The summed E-state index contributed by atoms with van der Waals surface area (Å²) in [7, 11) is 0. The molecule has 1 spiro atoms. The zero-order valence-corrected chi connectivity index (χ0v) is 14.2. The van der Waals surface area contributed by atoms with Gasteiger partial charge in [0.25, 0.3) is 0 Å². The SMILES string of the molecule is CC(C)c1ncc(CN2CCC3(CCNCC3)C2)s1.Cl. The second-order valence-electron chi connectivity index (χ2n) is 6.53. The molecule has 5 heteroatoms. The van der Waals surface area contributed by atoms with E-state index in [-0.39, 0.29) is 12.4 Å². The van der Waals surface area contributed by atoms with Crippen LogP contribution in [0.1, 0.15) is 48.9 Å². The summed E-state index contributed by atoms with van der Waals surface area (Å²) in [6.45, 7) is 10.6. The van der Waals surface area contributed by atoms with Gasteiger partial charge in [-0.1, -0.05) is 13.8 Å². The standard InChI is InChI=1S/C15H25N3S.ClH/c1-12(2)14-17-9-13(19-14)10-18-8-5-15(11-18)3-6-16-7-4-15;/h9,12,16H,3-8,10-11H2,1-2H3;1H. The lowest BCUT2D eigenvalue weighted by molar-refractivity contribution is 0.194. The van der Waals surface area contributed by atoms with Crippen molar-refractivity contribution in [3.8, 4) is 0 Å². The molecule has 1 aromatic heterocycles. The highest BCUT2D eigenvalue weighted by atomic mass is 35.5. The Morgan fingerprint density at radius 2 is 2.10 bits per heavy atom. The van der Waals surface area contributed by atoms with Crippen LogP contribution in [0.5, 0.6) is 0 Å². The largest absolute Gasteiger partial charge is 0.317 e. The molecule has 0 atom stereocenters. The van der Waals surface area contributed by atoms with Gasteiger partial charge in [-0.3, -0.25) is 4.90 Å². The van der Waals surface area contributed by atoms with E-state index in [1.54, 1.807) is 0 Å². The van der Waals surface area contributed by atoms with Crippen molar-refractivity contribution in [2.24, 2.45) is 5.41 Å². The Morgan fingerprint density at radius 3 is 2.75 bits per heavy atom. The summed E-state index contributed by atoms with van der Waals surface area (Å²) < 4.78 is 0. The van der Waals surface area contributed by atoms with Crippen molar-refractivity contribution in [1.82, 2.24) is 15.2 Å². The van der Waals surface area contributed by atoms with Gasteiger partial charge in [-0.05, 0) is 44.3 Å². The number of hydrogen-bond donors (Lipinski definition) is 1. The van der Waals surface area contributed by atoms with Crippen LogP contribution >= 0.6 is 23.7 Å². The molecule has 1 N–H and O–H groups in total. The normalized spacial score (nSPS) is 22.4. The van der Waals surface area contributed by atoms with E-state index in [9.17, 15) is 0 Å². The number of aromatic nitrogens is 1. The summed E-state index contributed by atoms with van der Waals surface area (Å²) in [6.07, 6.45) is 6.21. The van der Waals surface area contributed by atoms with Crippen LogP contribution in [0.15, 0.2) is 6.20 Å². The van der Waals surface area contributed by atoms with Crippen molar-refractivity contribution in [1.29, 1.82) is 0 Å². The Labute approximate surface area is 132 Å². The molecule has 0 radical (unpaired) electrons. The van der Waals surface area contributed by atoms with E-state index < -0.39 is 0 Å². The molecular weight excluding hydrogens is 290 g/mol. The van der Waals surface area contributed by atoms with Gasteiger partial charge in [0.1, 0.15) is 0 Å². The fourth-order valence-corrected chi connectivity index (χ4v) is 4.37. The zero-order valence-electron chi connectivity index (χ0n) is 12.5. The first-order valence-electron chi connectivity index (χ1n) is 7.55. The molecule has 0 bridgehead atoms. The van der Waals surface area contributed by atoms with Gasteiger partial charge in [0.15, 0.2) is 0 Å². The molecule has 1 aromatic rings. The molecule has 2 aliphatic rings. The average Bonchev–Trinajstić information content (AvgIpc) is 2.99. The van der Waals surface area contributed by atoms with Gasteiger partial charge in [0.05, 0.1) is 5.01 Å². The number of thiazole rings is 1. The molecule has 2 saturated heterocycles. The Kier molecular flexibility index (Phi) is 5.46. The summed E-state index contributed by atoms with van der Waals surface area (Å²) >= 11 is 1.90. The molecule has 3 heterocycles. The maximum Gasteiger partial charge on any atom is 0.0953 e. The number of likely N-dealkylation sites (tertiary alicyclic amines) is 1. The van der Waals surface area contributed by atoms with E-state index in [1.807, 2.05) is 11.3 Å². The lowest BCUT2D eigenvalue weighted by atomic mass is 9.78. The van der Waals surface area contributed by atoms with Crippen molar-refractivity contribution in [3.63, 3.8) is 0 Å². The van der Waals surface area contributed by atoms with E-state index >= 15 is 0 Å². The maximum atomic E-state index is 4.54. The Hall–Kier alpha value is -0.160. The third-order valence-corrected chi connectivity index (χ3v) is 5.91. The average molecular weight is 316 g/mol. The molecule has 2 fully saturated rings. The van der Waals surface area contributed by atoms with Gasteiger partial charge in [-0.25, -0.2) is 4.98 Å². The van der Waals surface area contributed by atoms with E-state index in [1.165, 1.54) is 55.3 Å². The Balaban J connectivity index is 0.00000147. The lowest BCUT2D eigenvalue weighted by Crippen LogP contribution is -2.38. The number of hydrogen-bond acceptors (Lipinski definition) is 4. The zero-order chi connectivity index (χ0) is 13.3. The summed E-state index contributed by atoms with van der Waals surface area (Å²) in [4.78, 5) is 8.62. The summed E-state index contributed by atoms with van der Waals surface area (Å²) in [5, 5.41) is 4.77. The summed E-state index contributed by atoms with van der Waals surface area (Å²) in [5.41, 5.74) is 0.622. The highest BCUT2D eigenvalue weighted by Crippen LogP contribution is 2.39. The van der Waals surface area contributed by atoms with Gasteiger partial charge >= 0.3 is 0 Å². The van der Waals surface area contributed by atoms with E-state index in [0.717, 1.165) is 6.54 Å². The Bertz CT molecular complexity index is 427. The minimum atomic E-state index is 0. The highest BCUT2D eigenvalue weighted by Gasteiger charge is 2.38. The van der Waals surface area contributed by atoms with E-state index in [4.69, 9.17) is 0 Å². The van der Waals surface area contributed by atoms with Gasteiger partial charge in [-0.15, -0.1) is 23.7 Å². The predicted octanol–water partition coefficient (Wildman–Crippen LogP) is 3.26. The second-order valence-corrected chi connectivity index (χ2v) is 7.68. The topological polar surface area (TPSA) is 28.2 Å². The van der Waals surface area contributed by atoms with Gasteiger partial charge in [0.2, 0.25) is 0 Å². The quantitative estimate of drug-likeness (QED) is 0.928. The first kappa shape index (κ1) is 16.2. The van der Waals surface area contributed by atoms with Crippen LogP contribution in [0.2, 0.25) is 0 Å². The fourth-order valence-electron chi connectivity index (χ4n) is 3.41. The van der Waals surface area contributed by atoms with Crippen molar-refractivity contribution in [3.05, 3.63) is 16.1 Å². The maximum absolute atomic E-state index is 4.54. The molecule has 0 aromatic carbocycles. The van der Waals surface area contributed by atoms with Crippen LogP contribution in [0.4, 0.5) is 0 Å². The molecule has 0 amide bonds. The number of rotatable bonds is 3. The van der Waals surface area contributed by atoms with Crippen molar-refractivity contribution in [2.75, 3.05) is 26.2 Å². The van der Waals surface area contributed by atoms with Crippen molar-refractivity contribution in [2.45, 2.75) is 45.6 Å². The van der Waals surface area contributed by atoms with E-state index in [0.29, 0.717) is 11.3 Å². The second kappa shape index (κ2) is 6.73. The molecule has 3 nitrogen and oxygen atoms in total. The minimum absolute atomic E-state index is 0. The summed E-state index contributed by atoms with van der Waals surface area (Å²) in [6, 6.07) is 0. The van der Waals surface area contributed by atoms with Crippen LogP contribution in [-0.2, 0) is 6.54 Å². The van der Waals surface area contributed by atoms with Crippen LogP contribution in [-0.4, -0.2) is 36.1 Å². The fraction of sp³-hybridized carbons (Fsp3) is 0.800. The molecule has 114 valence electrons. The van der Waals surface area contributed by atoms with Gasteiger partial charge in [-0.2, -0.15) is 0 Å². The first-order chi connectivity index (χ1) is 9.17. The third-order valence-electron chi connectivity index (χ3n) is 4.63. The van der Waals surface area contributed by atoms with Crippen LogP contribution in [0.3, 0.4) is 0 Å². The van der Waals surface area contributed by atoms with Crippen LogP contribution in [0.25, 0.3) is 0 Å². The smallest absolute Gasteiger partial charge is 0.0953 e. The number of piperidine rings is 1. The van der Waals surface area contributed by atoms with E-state index in [2.05, 4.69) is 35.2 Å². The number of nitrogens with one attached hydrogen (secondary N) is 1. The number of halogens is 1. The van der Waals surface area contributed by atoms with Gasteiger partial charge < -0.3 is 5.32 Å². The van der Waals surface area contributed by atoms with Gasteiger partial charge in [0, 0.05) is 30.1 Å².